The Balaban J connectivity index is 0.770. The second kappa shape index (κ2) is 13.4. The van der Waals surface area contributed by atoms with Gasteiger partial charge in [0.05, 0.1) is 16.4 Å². The molecule has 0 N–H and O–H groups in total. The minimum Gasteiger partial charge on any atom is -0.309 e. The number of rotatable bonds is 7. The van der Waals surface area contributed by atoms with Gasteiger partial charge in [-0.05, 0) is 344 Å². The first-order valence-electron chi connectivity index (χ1n) is 30.7. The standard InChI is InChI=1S/C70H73ClN2/c1-2-67-30-41-18-46(67)22-45(67)14-37-6-7-53(26-60(37)41)72(54-8-11-57-38-15-47-23-50-19-42(61(57)27-54)34-68(47,50)31-38)64-4-3-5-65(66(64)71)73(55-9-12-58-39-16-48-24-51-20-43(62(58)28-55)35-69(48,51)32-39)56-10-13-59-40-17-49-25-52-21-44(63(59)29-56)36-70(49,52)33-40/h3-13,26-29,38-52H,2,14-25,30-36H2,1H3. The maximum absolute atomic E-state index is 8.43. The van der Waals surface area contributed by atoms with Crippen LogP contribution < -0.4 is 9.80 Å². The molecule has 19 unspecified atom stereocenters. The largest absolute Gasteiger partial charge is 0.309 e. The molecule has 370 valence electrons. The number of fused-ring (bicyclic) bond motifs is 18. The fourth-order valence-corrected chi connectivity index (χ4v) is 25.5. The van der Waals surface area contributed by atoms with Gasteiger partial charge in [0.1, 0.15) is 0 Å². The van der Waals surface area contributed by atoms with Crippen LogP contribution in [0, 0.1) is 69.0 Å². The summed E-state index contributed by atoms with van der Waals surface area (Å²) in [6.07, 6.45) is 28.5. The Bertz CT molecular complexity index is 3230. The van der Waals surface area contributed by atoms with Gasteiger partial charge >= 0.3 is 0 Å². The first-order chi connectivity index (χ1) is 35.8. The van der Waals surface area contributed by atoms with Gasteiger partial charge in [0.15, 0.2) is 0 Å². The van der Waals surface area contributed by atoms with Gasteiger partial charge in [0, 0.05) is 22.7 Å². The van der Waals surface area contributed by atoms with Crippen LogP contribution in [0.1, 0.15) is 215 Å². The van der Waals surface area contributed by atoms with Crippen LogP contribution in [0.25, 0.3) is 0 Å². The lowest BCUT2D eigenvalue weighted by atomic mass is 9.52. The van der Waals surface area contributed by atoms with E-state index in [0.717, 1.165) is 81.5 Å². The normalized spacial score (nSPS) is 45.0. The van der Waals surface area contributed by atoms with E-state index in [1.54, 1.807) is 44.5 Å². The van der Waals surface area contributed by atoms with Crippen LogP contribution in [0.3, 0.4) is 0 Å². The molecule has 0 radical (unpaired) electrons. The van der Waals surface area contributed by atoms with Crippen LogP contribution in [-0.4, -0.2) is 0 Å². The molecule has 20 rings (SSSR count). The third kappa shape index (κ3) is 4.81. The summed E-state index contributed by atoms with van der Waals surface area (Å²) in [4.78, 5) is 5.32. The quantitative estimate of drug-likeness (QED) is 0.160. The van der Waals surface area contributed by atoms with Gasteiger partial charge in [0.2, 0.25) is 0 Å². The first kappa shape index (κ1) is 41.2. The minimum atomic E-state index is 0.573. The molecule has 11 fully saturated rings. The Morgan fingerprint density at radius 3 is 1.16 bits per heavy atom. The molecule has 5 aromatic carbocycles. The number of benzene rings is 5. The lowest BCUT2D eigenvalue weighted by Gasteiger charge is -2.53. The maximum atomic E-state index is 8.43. The maximum Gasteiger partial charge on any atom is 0.0887 e. The minimum absolute atomic E-state index is 0.573. The second-order valence-electron chi connectivity index (χ2n) is 29.6. The zero-order valence-electron chi connectivity index (χ0n) is 43.2. The van der Waals surface area contributed by atoms with Crippen molar-refractivity contribution in [2.75, 3.05) is 9.80 Å². The summed E-state index contributed by atoms with van der Waals surface area (Å²) in [5.41, 5.74) is 23.4. The molecule has 15 aliphatic carbocycles. The summed E-state index contributed by atoms with van der Waals surface area (Å²) in [5.74, 6) is 12.6. The Morgan fingerprint density at radius 1 is 0.384 bits per heavy atom. The number of hydrogen-bond acceptors (Lipinski definition) is 2. The summed E-state index contributed by atoms with van der Waals surface area (Å²) in [6, 6.07) is 38.5. The Hall–Kier alpha value is -4.01. The molecule has 0 amide bonds. The van der Waals surface area contributed by atoms with Crippen molar-refractivity contribution < 1.29 is 0 Å². The molecule has 3 heteroatoms. The van der Waals surface area contributed by atoms with E-state index in [2.05, 4.69) is 108 Å². The molecular formula is C70H73ClN2. The Labute approximate surface area is 439 Å². The third-order valence-electron chi connectivity index (χ3n) is 28.2. The molecule has 0 aromatic heterocycles. The van der Waals surface area contributed by atoms with E-state index in [1.807, 2.05) is 0 Å². The second-order valence-corrected chi connectivity index (χ2v) is 29.9. The molecule has 0 saturated heterocycles. The highest BCUT2D eigenvalue weighted by molar-refractivity contribution is 6.36. The van der Waals surface area contributed by atoms with E-state index in [1.165, 1.54) is 151 Å². The molecule has 2 nitrogen and oxygen atoms in total. The smallest absolute Gasteiger partial charge is 0.0887 e. The first-order valence-corrected chi connectivity index (χ1v) is 31.1. The fraction of sp³-hybridized carbons (Fsp3) is 0.571. The van der Waals surface area contributed by atoms with Crippen molar-refractivity contribution in [3.8, 4) is 0 Å². The molecular weight excluding hydrogens is 904 g/mol. The SMILES string of the molecule is CCC12CC3CC1CC2Cc1ccc(N(c2ccc4c(c2)C2CC5CC6CC4CC65C2)c2cccc(N(c4ccc5c(c4)C4CC6CC7CC5CC76C4)c4ccc5c(c4)C4CC6CC7CC5CC76C4)c2Cl)cc13. The predicted molar refractivity (Wildman–Crippen MR) is 295 cm³/mol. The van der Waals surface area contributed by atoms with Gasteiger partial charge in [-0.25, -0.2) is 0 Å². The summed E-state index contributed by atoms with van der Waals surface area (Å²) in [7, 11) is 0. The molecule has 0 aliphatic heterocycles. The van der Waals surface area contributed by atoms with E-state index < -0.39 is 0 Å². The van der Waals surface area contributed by atoms with Crippen molar-refractivity contribution >= 4 is 45.7 Å². The van der Waals surface area contributed by atoms with Crippen molar-refractivity contribution in [1.29, 1.82) is 0 Å². The topological polar surface area (TPSA) is 6.48 Å². The van der Waals surface area contributed by atoms with Gasteiger partial charge < -0.3 is 9.80 Å². The van der Waals surface area contributed by atoms with E-state index in [0.29, 0.717) is 45.3 Å². The monoisotopic (exact) mass is 977 g/mol. The van der Waals surface area contributed by atoms with Gasteiger partial charge in [-0.15, -0.1) is 0 Å². The van der Waals surface area contributed by atoms with Crippen molar-refractivity contribution in [1.82, 2.24) is 0 Å². The van der Waals surface area contributed by atoms with Crippen molar-refractivity contribution in [2.24, 2.45) is 69.0 Å². The van der Waals surface area contributed by atoms with Crippen LogP contribution in [0.5, 0.6) is 0 Å². The zero-order valence-corrected chi connectivity index (χ0v) is 44.0. The van der Waals surface area contributed by atoms with Crippen molar-refractivity contribution in [3.63, 3.8) is 0 Å². The van der Waals surface area contributed by atoms with Crippen LogP contribution in [0.2, 0.25) is 5.02 Å². The molecule has 5 aromatic rings. The highest BCUT2D eigenvalue weighted by Crippen LogP contribution is 2.79. The Morgan fingerprint density at radius 2 is 0.740 bits per heavy atom. The summed E-state index contributed by atoms with van der Waals surface area (Å²) >= 11 is 8.43. The van der Waals surface area contributed by atoms with E-state index >= 15 is 0 Å². The van der Waals surface area contributed by atoms with Gasteiger partial charge in [-0.2, -0.15) is 0 Å². The lowest BCUT2D eigenvalue weighted by Crippen LogP contribution is -2.46. The molecule has 3 spiro atoms. The summed E-state index contributed by atoms with van der Waals surface area (Å²) in [6.45, 7) is 2.50. The van der Waals surface area contributed by atoms with Gasteiger partial charge in [-0.3, -0.25) is 0 Å². The van der Waals surface area contributed by atoms with Gasteiger partial charge in [0.25, 0.3) is 0 Å². The molecule has 11 bridgehead atoms. The number of hydrogen-bond donors (Lipinski definition) is 0. The number of anilines is 6. The predicted octanol–water partition coefficient (Wildman–Crippen LogP) is 18.9. The number of nitrogens with zero attached hydrogens (tertiary/aromatic N) is 2. The molecule has 11 saturated carbocycles. The van der Waals surface area contributed by atoms with Crippen LogP contribution in [0.15, 0.2) is 91.0 Å². The highest BCUT2D eigenvalue weighted by Gasteiger charge is 2.68. The highest BCUT2D eigenvalue weighted by atomic mass is 35.5. The molecule has 0 heterocycles. The van der Waals surface area contributed by atoms with Crippen LogP contribution >= 0.6 is 11.6 Å². The third-order valence-corrected chi connectivity index (χ3v) is 28.6. The molecule has 73 heavy (non-hydrogen) atoms. The van der Waals surface area contributed by atoms with Crippen molar-refractivity contribution in [2.45, 2.75) is 177 Å². The van der Waals surface area contributed by atoms with Crippen LogP contribution in [-0.2, 0) is 6.42 Å². The lowest BCUT2D eigenvalue weighted by molar-refractivity contribution is -0.0297. The van der Waals surface area contributed by atoms with E-state index in [9.17, 15) is 0 Å². The van der Waals surface area contributed by atoms with Crippen molar-refractivity contribution in [3.05, 3.63) is 141 Å². The summed E-state index contributed by atoms with van der Waals surface area (Å²) < 4.78 is 0. The van der Waals surface area contributed by atoms with E-state index in [4.69, 9.17) is 11.6 Å². The average Bonchev–Trinajstić information content (AvgIpc) is 4.28. The molecule has 19 atom stereocenters. The zero-order chi connectivity index (χ0) is 47.2. The van der Waals surface area contributed by atoms with E-state index in [-0.39, 0.29) is 0 Å². The summed E-state index contributed by atoms with van der Waals surface area (Å²) in [5, 5.41) is 0.878. The fourth-order valence-electron chi connectivity index (χ4n) is 25.2. The molecule has 15 aliphatic rings. The Kier molecular flexibility index (Phi) is 7.55. The van der Waals surface area contributed by atoms with Crippen LogP contribution in [0.4, 0.5) is 34.1 Å². The number of halogens is 1. The average molecular weight is 978 g/mol. The van der Waals surface area contributed by atoms with Gasteiger partial charge in [-0.1, -0.05) is 48.9 Å².